The van der Waals surface area contributed by atoms with Crippen LogP contribution in [0.25, 0.3) is 17.5 Å². The van der Waals surface area contributed by atoms with Crippen LogP contribution in [0.3, 0.4) is 0 Å². The number of hydrogen-bond donors (Lipinski definition) is 1. The Bertz CT molecular complexity index is 989. The van der Waals surface area contributed by atoms with Gasteiger partial charge in [0, 0.05) is 5.56 Å². The molecule has 152 valence electrons. The topological polar surface area (TPSA) is 55.5 Å². The lowest BCUT2D eigenvalue weighted by Crippen LogP contribution is -2.04. The Balaban J connectivity index is 1.68. The summed E-state index contributed by atoms with van der Waals surface area (Å²) in [5.41, 5.74) is 2.13. The molecule has 0 radical (unpaired) electrons. The van der Waals surface area contributed by atoms with Crippen LogP contribution in [0, 0.1) is 6.92 Å². The number of halogens is 3. The Kier molecular flexibility index (Phi) is 6.08. The molecule has 3 aromatic rings. The fraction of sp³-hybridized carbons (Fsp3) is 0.227. The number of benzene rings is 2. The summed E-state index contributed by atoms with van der Waals surface area (Å²) in [4.78, 5) is 4.27. The number of aliphatic hydroxyl groups excluding tert-OH is 1. The van der Waals surface area contributed by atoms with Crippen molar-refractivity contribution in [1.82, 2.24) is 4.98 Å². The summed E-state index contributed by atoms with van der Waals surface area (Å²) in [6.45, 7) is 3.75. The summed E-state index contributed by atoms with van der Waals surface area (Å²) < 4.78 is 49.1. The smallest absolute Gasteiger partial charge is 0.416 e. The molecule has 29 heavy (non-hydrogen) atoms. The second-order valence-corrected chi connectivity index (χ2v) is 6.69. The predicted molar refractivity (Wildman–Crippen MR) is 103 cm³/mol. The molecule has 0 fully saturated rings. The van der Waals surface area contributed by atoms with Crippen LogP contribution in [0.4, 0.5) is 13.2 Å². The Morgan fingerprint density at radius 1 is 1.17 bits per heavy atom. The van der Waals surface area contributed by atoms with Crippen LogP contribution in [0.2, 0.25) is 0 Å². The summed E-state index contributed by atoms with van der Waals surface area (Å²) in [5.74, 6) is 0.858. The van der Waals surface area contributed by atoms with Crippen molar-refractivity contribution in [1.29, 1.82) is 0 Å². The molecule has 1 unspecified atom stereocenters. The number of rotatable bonds is 6. The molecule has 1 aromatic heterocycles. The van der Waals surface area contributed by atoms with E-state index in [0.29, 0.717) is 17.0 Å². The number of hydrogen-bond acceptors (Lipinski definition) is 4. The molecule has 0 aliphatic carbocycles. The van der Waals surface area contributed by atoms with Gasteiger partial charge in [0.15, 0.2) is 0 Å². The number of aliphatic hydroxyl groups is 1. The van der Waals surface area contributed by atoms with Gasteiger partial charge in [0.1, 0.15) is 24.3 Å². The van der Waals surface area contributed by atoms with Crippen LogP contribution >= 0.6 is 0 Å². The zero-order chi connectivity index (χ0) is 21.0. The fourth-order valence-electron chi connectivity index (χ4n) is 2.67. The quantitative estimate of drug-likeness (QED) is 0.579. The van der Waals surface area contributed by atoms with Gasteiger partial charge in [-0.3, -0.25) is 0 Å². The first-order valence-electron chi connectivity index (χ1n) is 8.93. The van der Waals surface area contributed by atoms with E-state index in [9.17, 15) is 18.3 Å². The minimum atomic E-state index is -4.38. The van der Waals surface area contributed by atoms with Crippen molar-refractivity contribution >= 4 is 6.08 Å². The Labute approximate surface area is 166 Å². The number of ether oxygens (including phenoxy) is 1. The Morgan fingerprint density at radius 2 is 1.90 bits per heavy atom. The molecule has 0 bridgehead atoms. The molecule has 0 saturated heterocycles. The number of oxazole rings is 1. The third kappa shape index (κ3) is 5.71. The summed E-state index contributed by atoms with van der Waals surface area (Å²) in [6, 6.07) is 10.3. The van der Waals surface area contributed by atoms with Gasteiger partial charge in [0.25, 0.3) is 0 Å². The SMILES string of the molecule is Cc1cc(C=CC(C)O)cc(OCc2coc(-c3ccc(C(F)(F)F)cc3)n2)c1. The summed E-state index contributed by atoms with van der Waals surface area (Å²) in [7, 11) is 0. The monoisotopic (exact) mass is 403 g/mol. The highest BCUT2D eigenvalue weighted by Crippen LogP contribution is 2.31. The zero-order valence-corrected chi connectivity index (χ0v) is 15.9. The van der Waals surface area contributed by atoms with E-state index in [4.69, 9.17) is 9.15 Å². The highest BCUT2D eigenvalue weighted by atomic mass is 19.4. The molecule has 1 N–H and O–H groups in total. The van der Waals surface area contributed by atoms with Gasteiger partial charge in [-0.1, -0.05) is 18.2 Å². The first kappa shape index (κ1) is 20.7. The zero-order valence-electron chi connectivity index (χ0n) is 15.9. The Morgan fingerprint density at radius 3 is 2.55 bits per heavy atom. The van der Waals surface area contributed by atoms with Crippen molar-refractivity contribution in [3.05, 3.63) is 77.2 Å². The Hall–Kier alpha value is -3.06. The molecule has 7 heteroatoms. The summed E-state index contributed by atoms with van der Waals surface area (Å²) in [6.07, 6.45) is -0.0309. The van der Waals surface area contributed by atoms with Crippen molar-refractivity contribution in [2.24, 2.45) is 0 Å². The van der Waals surface area contributed by atoms with Gasteiger partial charge in [0.2, 0.25) is 5.89 Å². The molecule has 0 spiro atoms. The molecule has 1 heterocycles. The number of aryl methyl sites for hydroxylation is 1. The minimum Gasteiger partial charge on any atom is -0.487 e. The lowest BCUT2D eigenvalue weighted by Gasteiger charge is -2.07. The average Bonchev–Trinajstić information content (AvgIpc) is 3.13. The maximum atomic E-state index is 12.7. The fourth-order valence-corrected chi connectivity index (χ4v) is 2.67. The lowest BCUT2D eigenvalue weighted by atomic mass is 10.1. The van der Waals surface area contributed by atoms with Gasteiger partial charge in [-0.15, -0.1) is 0 Å². The van der Waals surface area contributed by atoms with Gasteiger partial charge in [-0.05, 0) is 61.4 Å². The summed E-state index contributed by atoms with van der Waals surface area (Å²) in [5, 5.41) is 9.36. The van der Waals surface area contributed by atoms with E-state index >= 15 is 0 Å². The van der Waals surface area contributed by atoms with Gasteiger partial charge in [-0.2, -0.15) is 13.2 Å². The molecular weight excluding hydrogens is 383 g/mol. The van der Waals surface area contributed by atoms with E-state index in [0.717, 1.165) is 23.3 Å². The van der Waals surface area contributed by atoms with Gasteiger partial charge in [-0.25, -0.2) is 4.98 Å². The molecule has 0 amide bonds. The van der Waals surface area contributed by atoms with Crippen LogP contribution in [-0.4, -0.2) is 16.2 Å². The van der Waals surface area contributed by atoms with E-state index in [-0.39, 0.29) is 12.5 Å². The normalized spacial score (nSPS) is 13.0. The number of nitrogens with zero attached hydrogens (tertiary/aromatic N) is 1. The van der Waals surface area contributed by atoms with Crippen LogP contribution in [0.15, 0.2) is 59.2 Å². The van der Waals surface area contributed by atoms with Crippen LogP contribution in [-0.2, 0) is 12.8 Å². The first-order chi connectivity index (χ1) is 13.7. The molecule has 0 aliphatic rings. The second kappa shape index (κ2) is 8.53. The van der Waals surface area contributed by atoms with Crippen molar-refractivity contribution in [3.63, 3.8) is 0 Å². The highest BCUT2D eigenvalue weighted by Gasteiger charge is 2.30. The van der Waals surface area contributed by atoms with Crippen LogP contribution in [0.1, 0.15) is 29.3 Å². The second-order valence-electron chi connectivity index (χ2n) is 6.69. The van der Waals surface area contributed by atoms with Gasteiger partial charge in [0.05, 0.1) is 11.7 Å². The van der Waals surface area contributed by atoms with E-state index in [2.05, 4.69) is 4.98 Å². The number of aromatic nitrogens is 1. The van der Waals surface area contributed by atoms with Crippen LogP contribution in [0.5, 0.6) is 5.75 Å². The lowest BCUT2D eigenvalue weighted by molar-refractivity contribution is -0.137. The molecule has 0 aliphatic heterocycles. The molecule has 0 saturated carbocycles. The van der Waals surface area contributed by atoms with Crippen molar-refractivity contribution < 1.29 is 27.4 Å². The van der Waals surface area contributed by atoms with Crippen molar-refractivity contribution in [2.45, 2.75) is 32.7 Å². The standard InChI is InChI=1S/C22H20F3NO3/c1-14-9-16(4-3-15(2)27)11-20(10-14)28-12-19-13-29-21(26-19)17-5-7-18(8-6-17)22(23,24)25/h3-11,13,15,27H,12H2,1-2H3. The molecule has 2 aromatic carbocycles. The largest absolute Gasteiger partial charge is 0.487 e. The average molecular weight is 403 g/mol. The van der Waals surface area contributed by atoms with E-state index in [1.807, 2.05) is 31.2 Å². The molecular formula is C22H20F3NO3. The molecule has 1 atom stereocenters. The van der Waals surface area contributed by atoms with E-state index in [1.165, 1.54) is 18.4 Å². The van der Waals surface area contributed by atoms with Crippen molar-refractivity contribution in [3.8, 4) is 17.2 Å². The third-order valence-corrected chi connectivity index (χ3v) is 4.04. The predicted octanol–water partition coefficient (Wildman–Crippen LogP) is 5.64. The number of alkyl halides is 3. The van der Waals surface area contributed by atoms with Crippen molar-refractivity contribution in [2.75, 3.05) is 0 Å². The molecule has 3 rings (SSSR count). The van der Waals surface area contributed by atoms with Gasteiger partial charge < -0.3 is 14.3 Å². The van der Waals surface area contributed by atoms with E-state index in [1.54, 1.807) is 13.0 Å². The highest BCUT2D eigenvalue weighted by molar-refractivity contribution is 5.55. The summed E-state index contributed by atoms with van der Waals surface area (Å²) >= 11 is 0. The first-order valence-corrected chi connectivity index (χ1v) is 8.93. The third-order valence-electron chi connectivity index (χ3n) is 4.04. The van der Waals surface area contributed by atoms with Crippen LogP contribution < -0.4 is 4.74 Å². The maximum Gasteiger partial charge on any atom is 0.416 e. The molecule has 4 nitrogen and oxygen atoms in total. The van der Waals surface area contributed by atoms with E-state index < -0.39 is 17.8 Å². The maximum absolute atomic E-state index is 12.7. The van der Waals surface area contributed by atoms with Gasteiger partial charge >= 0.3 is 6.18 Å². The minimum absolute atomic E-state index is 0.146.